The van der Waals surface area contributed by atoms with E-state index in [0.717, 1.165) is 25.7 Å². The molecular weight excluding hydrogens is 252 g/mol. The third kappa shape index (κ3) is 13.4. The Morgan fingerprint density at radius 2 is 1.65 bits per heavy atom. The topological polar surface area (TPSA) is 35.5 Å². The zero-order chi connectivity index (χ0) is 15.2. The highest BCUT2D eigenvalue weighted by atomic mass is 16.7. The average Bonchev–Trinajstić information content (AvgIpc) is 2.38. The van der Waals surface area contributed by atoms with Crippen LogP contribution in [0.3, 0.4) is 0 Å². The Balaban J connectivity index is 3.52. The van der Waals surface area contributed by atoms with E-state index in [1.165, 1.54) is 19.3 Å². The van der Waals surface area contributed by atoms with Crippen LogP contribution < -0.4 is 0 Å². The fourth-order valence-corrected chi connectivity index (χ4v) is 1.76. The summed E-state index contributed by atoms with van der Waals surface area (Å²) in [5, 5.41) is 0. The summed E-state index contributed by atoms with van der Waals surface area (Å²) in [5.41, 5.74) is 0. The molecule has 1 atom stereocenters. The summed E-state index contributed by atoms with van der Waals surface area (Å²) in [6, 6.07) is 0. The van der Waals surface area contributed by atoms with Gasteiger partial charge in [0.05, 0.1) is 6.61 Å². The van der Waals surface area contributed by atoms with Gasteiger partial charge in [-0.1, -0.05) is 58.6 Å². The summed E-state index contributed by atoms with van der Waals surface area (Å²) in [5.74, 6) is 0.667. The Morgan fingerprint density at radius 3 is 2.30 bits per heavy atom. The molecule has 3 nitrogen and oxygen atoms in total. The molecule has 0 heterocycles. The Kier molecular flexibility index (Phi) is 12.4. The molecule has 0 aliphatic rings. The maximum atomic E-state index is 11.4. The molecule has 0 aliphatic carbocycles. The number of unbranched alkanes of at least 4 members (excludes halogenated alkanes) is 4. The van der Waals surface area contributed by atoms with Crippen LogP contribution in [-0.4, -0.2) is 18.9 Å². The fourth-order valence-electron chi connectivity index (χ4n) is 1.76. The van der Waals surface area contributed by atoms with Crippen molar-refractivity contribution in [1.29, 1.82) is 0 Å². The van der Waals surface area contributed by atoms with Crippen LogP contribution in [0, 0.1) is 5.92 Å². The summed E-state index contributed by atoms with van der Waals surface area (Å²) in [7, 11) is 0. The van der Waals surface area contributed by atoms with E-state index in [-0.39, 0.29) is 6.10 Å². The van der Waals surface area contributed by atoms with Gasteiger partial charge in [0.2, 0.25) is 0 Å². The van der Waals surface area contributed by atoms with E-state index in [2.05, 4.69) is 32.9 Å². The van der Waals surface area contributed by atoms with Crippen molar-refractivity contribution in [2.45, 2.75) is 78.7 Å². The van der Waals surface area contributed by atoms with Crippen LogP contribution in [-0.2, 0) is 9.47 Å². The Morgan fingerprint density at radius 1 is 1.00 bits per heavy atom. The molecule has 0 aromatic rings. The lowest BCUT2D eigenvalue weighted by Gasteiger charge is -2.11. The summed E-state index contributed by atoms with van der Waals surface area (Å²) in [6.45, 7) is 8.91. The molecule has 0 radical (unpaired) electrons. The molecule has 0 rings (SSSR count). The van der Waals surface area contributed by atoms with Crippen molar-refractivity contribution in [2.24, 2.45) is 5.92 Å². The number of rotatable bonds is 11. The standard InChI is InChI=1S/C17H32O3/c1-5-6-7-8-11-14-19-17(18)20-16(4)13-10-9-12-15(2)3/h9-10,15-16H,5-8,11-14H2,1-4H3/b10-9-. The molecule has 3 heteroatoms. The molecule has 1 unspecified atom stereocenters. The number of ether oxygens (including phenoxy) is 2. The molecule has 0 aromatic carbocycles. The van der Waals surface area contributed by atoms with Gasteiger partial charge in [-0.2, -0.15) is 0 Å². The van der Waals surface area contributed by atoms with Crippen LogP contribution in [0.2, 0.25) is 0 Å². The highest BCUT2D eigenvalue weighted by Gasteiger charge is 2.08. The van der Waals surface area contributed by atoms with Gasteiger partial charge in [0.25, 0.3) is 0 Å². The van der Waals surface area contributed by atoms with Crippen LogP contribution in [0.5, 0.6) is 0 Å². The predicted molar refractivity (Wildman–Crippen MR) is 83.9 cm³/mol. The first-order valence-corrected chi connectivity index (χ1v) is 8.04. The lowest BCUT2D eigenvalue weighted by Crippen LogP contribution is -2.16. The molecule has 0 N–H and O–H groups in total. The van der Waals surface area contributed by atoms with Gasteiger partial charge in [0, 0.05) is 6.42 Å². The first-order valence-electron chi connectivity index (χ1n) is 8.04. The third-order valence-electron chi connectivity index (χ3n) is 3.01. The van der Waals surface area contributed by atoms with Crippen molar-refractivity contribution in [2.75, 3.05) is 6.61 Å². The van der Waals surface area contributed by atoms with Crippen LogP contribution in [0.25, 0.3) is 0 Å². The van der Waals surface area contributed by atoms with Crippen molar-refractivity contribution in [1.82, 2.24) is 0 Å². The minimum Gasteiger partial charge on any atom is -0.434 e. The third-order valence-corrected chi connectivity index (χ3v) is 3.01. The first kappa shape index (κ1) is 19.0. The second-order valence-corrected chi connectivity index (χ2v) is 5.78. The number of hydrogen-bond acceptors (Lipinski definition) is 3. The molecule has 0 saturated heterocycles. The van der Waals surface area contributed by atoms with Gasteiger partial charge in [0.1, 0.15) is 6.10 Å². The molecule has 0 aromatic heterocycles. The molecule has 0 amide bonds. The van der Waals surface area contributed by atoms with E-state index in [1.54, 1.807) is 0 Å². The number of allylic oxidation sites excluding steroid dienone is 1. The normalized spacial score (nSPS) is 12.8. The van der Waals surface area contributed by atoms with Crippen LogP contribution in [0.15, 0.2) is 12.2 Å². The quantitative estimate of drug-likeness (QED) is 0.286. The van der Waals surface area contributed by atoms with Gasteiger partial charge in [0.15, 0.2) is 0 Å². The minimum absolute atomic E-state index is 0.119. The lowest BCUT2D eigenvalue weighted by atomic mass is 10.1. The van der Waals surface area contributed by atoms with E-state index < -0.39 is 6.16 Å². The van der Waals surface area contributed by atoms with E-state index in [9.17, 15) is 4.79 Å². The molecule has 0 fully saturated rings. The van der Waals surface area contributed by atoms with Crippen LogP contribution in [0.4, 0.5) is 4.79 Å². The predicted octanol–water partition coefficient (Wildman–Crippen LogP) is 5.49. The Labute approximate surface area is 124 Å². The smallest absolute Gasteiger partial charge is 0.434 e. The highest BCUT2D eigenvalue weighted by molar-refractivity contribution is 5.60. The highest BCUT2D eigenvalue weighted by Crippen LogP contribution is 2.06. The second kappa shape index (κ2) is 13.0. The molecule has 20 heavy (non-hydrogen) atoms. The van der Waals surface area contributed by atoms with Crippen molar-refractivity contribution in [3.05, 3.63) is 12.2 Å². The monoisotopic (exact) mass is 284 g/mol. The number of hydrogen-bond donors (Lipinski definition) is 0. The Hall–Kier alpha value is -0.990. The molecule has 118 valence electrons. The SMILES string of the molecule is CCCCCCCOC(=O)OC(C)C/C=C\CC(C)C. The minimum atomic E-state index is -0.537. The molecule has 0 bridgehead atoms. The van der Waals surface area contributed by atoms with Crippen LogP contribution >= 0.6 is 0 Å². The summed E-state index contributed by atoms with van der Waals surface area (Å²) in [6.07, 6.45) is 11.1. The molecular formula is C17H32O3. The van der Waals surface area contributed by atoms with Crippen molar-refractivity contribution in [3.8, 4) is 0 Å². The maximum Gasteiger partial charge on any atom is 0.508 e. The lowest BCUT2D eigenvalue weighted by molar-refractivity contribution is 0.0292. The Bertz CT molecular complexity index is 259. The first-order chi connectivity index (χ1) is 9.56. The largest absolute Gasteiger partial charge is 0.508 e. The summed E-state index contributed by atoms with van der Waals surface area (Å²) < 4.78 is 10.2. The molecule has 0 aliphatic heterocycles. The number of carbonyl (C=O) groups excluding carboxylic acids is 1. The van der Waals surface area contributed by atoms with Crippen molar-refractivity contribution >= 4 is 6.16 Å². The maximum absolute atomic E-state index is 11.4. The van der Waals surface area contributed by atoms with E-state index in [4.69, 9.17) is 9.47 Å². The van der Waals surface area contributed by atoms with Crippen LogP contribution in [0.1, 0.15) is 72.6 Å². The van der Waals surface area contributed by atoms with Crippen molar-refractivity contribution in [3.63, 3.8) is 0 Å². The zero-order valence-corrected chi connectivity index (χ0v) is 13.7. The van der Waals surface area contributed by atoms with Crippen molar-refractivity contribution < 1.29 is 14.3 Å². The van der Waals surface area contributed by atoms with E-state index in [1.807, 2.05) is 6.92 Å². The summed E-state index contributed by atoms with van der Waals surface area (Å²) >= 11 is 0. The molecule has 0 spiro atoms. The summed E-state index contributed by atoms with van der Waals surface area (Å²) in [4.78, 5) is 11.4. The van der Waals surface area contributed by atoms with Gasteiger partial charge in [-0.15, -0.1) is 0 Å². The zero-order valence-electron chi connectivity index (χ0n) is 13.7. The second-order valence-electron chi connectivity index (χ2n) is 5.78. The average molecular weight is 284 g/mol. The van der Waals surface area contributed by atoms with Gasteiger partial charge < -0.3 is 9.47 Å². The van der Waals surface area contributed by atoms with Gasteiger partial charge in [-0.3, -0.25) is 0 Å². The van der Waals surface area contributed by atoms with Gasteiger partial charge in [-0.25, -0.2) is 4.79 Å². The van der Waals surface area contributed by atoms with E-state index in [0.29, 0.717) is 12.5 Å². The van der Waals surface area contributed by atoms with Gasteiger partial charge in [-0.05, 0) is 25.7 Å². The number of carbonyl (C=O) groups is 1. The molecule has 0 saturated carbocycles. The van der Waals surface area contributed by atoms with E-state index >= 15 is 0 Å². The fraction of sp³-hybridized carbons (Fsp3) is 0.824. The van der Waals surface area contributed by atoms with Gasteiger partial charge >= 0.3 is 6.16 Å².